The zero-order valence-corrected chi connectivity index (χ0v) is 10.1. The SMILES string of the molecule is CC(N)Oc1cccc(C(=O)N2CCCC2)c1. The van der Waals surface area contributed by atoms with Gasteiger partial charge >= 0.3 is 0 Å². The van der Waals surface area contributed by atoms with Crippen LogP contribution in [0, 0.1) is 0 Å². The van der Waals surface area contributed by atoms with Gasteiger partial charge in [0, 0.05) is 18.7 Å². The zero-order chi connectivity index (χ0) is 12.3. The van der Waals surface area contributed by atoms with Gasteiger partial charge in [0.2, 0.25) is 0 Å². The monoisotopic (exact) mass is 234 g/mol. The minimum absolute atomic E-state index is 0.0811. The van der Waals surface area contributed by atoms with E-state index in [4.69, 9.17) is 10.5 Å². The zero-order valence-electron chi connectivity index (χ0n) is 10.1. The summed E-state index contributed by atoms with van der Waals surface area (Å²) in [5.41, 5.74) is 6.23. The van der Waals surface area contributed by atoms with E-state index >= 15 is 0 Å². The Hall–Kier alpha value is -1.55. The van der Waals surface area contributed by atoms with Crippen molar-refractivity contribution in [2.24, 2.45) is 5.73 Å². The minimum atomic E-state index is -0.368. The van der Waals surface area contributed by atoms with Crippen LogP contribution in [0.5, 0.6) is 5.75 Å². The maximum Gasteiger partial charge on any atom is 0.253 e. The largest absolute Gasteiger partial charge is 0.476 e. The first kappa shape index (κ1) is 11.9. The predicted molar refractivity (Wildman–Crippen MR) is 65.9 cm³/mol. The minimum Gasteiger partial charge on any atom is -0.476 e. The molecule has 0 bridgehead atoms. The van der Waals surface area contributed by atoms with Crippen molar-refractivity contribution in [3.63, 3.8) is 0 Å². The molecule has 1 atom stereocenters. The van der Waals surface area contributed by atoms with E-state index in [1.54, 1.807) is 13.0 Å². The number of carbonyl (C=O) groups is 1. The van der Waals surface area contributed by atoms with Crippen molar-refractivity contribution in [3.8, 4) is 5.75 Å². The molecule has 0 radical (unpaired) electrons. The smallest absolute Gasteiger partial charge is 0.253 e. The van der Waals surface area contributed by atoms with Gasteiger partial charge in [-0.3, -0.25) is 10.5 Å². The third-order valence-corrected chi connectivity index (χ3v) is 2.80. The number of likely N-dealkylation sites (tertiary alicyclic amines) is 1. The molecule has 1 aliphatic rings. The van der Waals surface area contributed by atoms with E-state index in [0.29, 0.717) is 11.3 Å². The molecule has 1 amide bonds. The quantitative estimate of drug-likeness (QED) is 0.808. The molecule has 92 valence electrons. The van der Waals surface area contributed by atoms with E-state index in [-0.39, 0.29) is 12.1 Å². The molecule has 1 fully saturated rings. The maximum atomic E-state index is 12.1. The summed E-state index contributed by atoms with van der Waals surface area (Å²) < 4.78 is 5.37. The second kappa shape index (κ2) is 5.19. The fraction of sp³-hybridized carbons (Fsp3) is 0.462. The molecule has 1 unspecified atom stereocenters. The standard InChI is InChI=1S/C13H18N2O2/c1-10(14)17-12-6-4-5-11(9-12)13(16)15-7-2-3-8-15/h4-6,9-10H,2-3,7-8,14H2,1H3. The van der Waals surface area contributed by atoms with Crippen LogP contribution in [-0.2, 0) is 0 Å². The van der Waals surface area contributed by atoms with Crippen molar-refractivity contribution in [1.29, 1.82) is 0 Å². The Kier molecular flexibility index (Phi) is 3.64. The van der Waals surface area contributed by atoms with Crippen LogP contribution in [0.2, 0.25) is 0 Å². The number of benzene rings is 1. The first-order chi connectivity index (χ1) is 8.16. The summed E-state index contributed by atoms with van der Waals surface area (Å²) >= 11 is 0. The first-order valence-electron chi connectivity index (χ1n) is 5.98. The van der Waals surface area contributed by atoms with Crippen LogP contribution in [0.3, 0.4) is 0 Å². The average Bonchev–Trinajstić information content (AvgIpc) is 2.81. The second-order valence-electron chi connectivity index (χ2n) is 4.35. The van der Waals surface area contributed by atoms with Gasteiger partial charge < -0.3 is 9.64 Å². The van der Waals surface area contributed by atoms with E-state index < -0.39 is 0 Å². The molecule has 1 aromatic carbocycles. The average molecular weight is 234 g/mol. The van der Waals surface area contributed by atoms with E-state index in [9.17, 15) is 4.79 Å². The third-order valence-electron chi connectivity index (χ3n) is 2.80. The van der Waals surface area contributed by atoms with E-state index in [1.807, 2.05) is 23.1 Å². The molecule has 1 saturated heterocycles. The van der Waals surface area contributed by atoms with Crippen molar-refractivity contribution >= 4 is 5.91 Å². The number of nitrogens with zero attached hydrogens (tertiary/aromatic N) is 1. The molecule has 2 N–H and O–H groups in total. The molecular weight excluding hydrogens is 216 g/mol. The number of hydrogen-bond donors (Lipinski definition) is 1. The molecule has 2 rings (SSSR count). The Morgan fingerprint density at radius 1 is 1.41 bits per heavy atom. The van der Waals surface area contributed by atoms with Crippen LogP contribution in [0.1, 0.15) is 30.1 Å². The van der Waals surface area contributed by atoms with Gasteiger partial charge in [-0.2, -0.15) is 0 Å². The Morgan fingerprint density at radius 3 is 2.76 bits per heavy atom. The highest BCUT2D eigenvalue weighted by Gasteiger charge is 2.19. The topological polar surface area (TPSA) is 55.6 Å². The lowest BCUT2D eigenvalue weighted by Gasteiger charge is -2.16. The van der Waals surface area contributed by atoms with Crippen molar-refractivity contribution in [1.82, 2.24) is 4.90 Å². The van der Waals surface area contributed by atoms with Crippen LogP contribution < -0.4 is 10.5 Å². The highest BCUT2D eigenvalue weighted by molar-refractivity contribution is 5.94. The van der Waals surface area contributed by atoms with Gasteiger partial charge in [0.05, 0.1) is 0 Å². The van der Waals surface area contributed by atoms with Crippen LogP contribution in [-0.4, -0.2) is 30.1 Å². The summed E-state index contributed by atoms with van der Waals surface area (Å²) in [6, 6.07) is 7.20. The molecule has 17 heavy (non-hydrogen) atoms. The van der Waals surface area contributed by atoms with Gasteiger partial charge in [0.25, 0.3) is 5.91 Å². The van der Waals surface area contributed by atoms with E-state index in [1.165, 1.54) is 0 Å². The van der Waals surface area contributed by atoms with Crippen LogP contribution in [0.15, 0.2) is 24.3 Å². The van der Waals surface area contributed by atoms with E-state index in [0.717, 1.165) is 25.9 Å². The molecule has 0 aliphatic carbocycles. The molecule has 4 heteroatoms. The first-order valence-corrected chi connectivity index (χ1v) is 5.98. The van der Waals surface area contributed by atoms with Crippen LogP contribution in [0.4, 0.5) is 0 Å². The van der Waals surface area contributed by atoms with Gasteiger partial charge in [-0.25, -0.2) is 0 Å². The molecule has 1 aliphatic heterocycles. The number of rotatable bonds is 3. The lowest BCUT2D eigenvalue weighted by atomic mass is 10.2. The van der Waals surface area contributed by atoms with Crippen molar-refractivity contribution in [3.05, 3.63) is 29.8 Å². The summed E-state index contributed by atoms with van der Waals surface area (Å²) in [5, 5.41) is 0. The van der Waals surface area contributed by atoms with Gasteiger partial charge in [-0.1, -0.05) is 6.07 Å². The predicted octanol–water partition coefficient (Wildman–Crippen LogP) is 1.61. The maximum absolute atomic E-state index is 12.1. The van der Waals surface area contributed by atoms with Crippen LogP contribution >= 0.6 is 0 Å². The Morgan fingerprint density at radius 2 is 2.12 bits per heavy atom. The van der Waals surface area contributed by atoms with Crippen LogP contribution in [0.25, 0.3) is 0 Å². The fourth-order valence-electron chi connectivity index (χ4n) is 2.02. The molecule has 0 aromatic heterocycles. The highest BCUT2D eigenvalue weighted by atomic mass is 16.5. The van der Waals surface area contributed by atoms with Gasteiger partial charge in [-0.05, 0) is 38.0 Å². The lowest BCUT2D eigenvalue weighted by molar-refractivity contribution is 0.0792. The number of amides is 1. The van der Waals surface area contributed by atoms with Crippen molar-refractivity contribution in [2.75, 3.05) is 13.1 Å². The summed E-state index contributed by atoms with van der Waals surface area (Å²) in [7, 11) is 0. The van der Waals surface area contributed by atoms with Gasteiger partial charge in [-0.15, -0.1) is 0 Å². The third kappa shape index (κ3) is 2.97. The van der Waals surface area contributed by atoms with E-state index in [2.05, 4.69) is 0 Å². The van der Waals surface area contributed by atoms with Gasteiger partial charge in [0.15, 0.2) is 0 Å². The second-order valence-corrected chi connectivity index (χ2v) is 4.35. The lowest BCUT2D eigenvalue weighted by Crippen LogP contribution is -2.27. The Labute approximate surface area is 101 Å². The van der Waals surface area contributed by atoms with Crippen molar-refractivity contribution in [2.45, 2.75) is 26.0 Å². The Bertz CT molecular complexity index is 398. The molecular formula is C13H18N2O2. The Balaban J connectivity index is 2.12. The van der Waals surface area contributed by atoms with Gasteiger partial charge in [0.1, 0.15) is 12.0 Å². The number of hydrogen-bond acceptors (Lipinski definition) is 3. The molecule has 0 saturated carbocycles. The summed E-state index contributed by atoms with van der Waals surface area (Å²) in [6.07, 6.45) is 1.83. The fourth-order valence-corrected chi connectivity index (χ4v) is 2.02. The molecule has 1 aromatic rings. The highest BCUT2D eigenvalue weighted by Crippen LogP contribution is 2.18. The number of nitrogens with two attached hydrogens (primary N) is 1. The summed E-state index contributed by atoms with van der Waals surface area (Å²) in [6.45, 7) is 3.48. The summed E-state index contributed by atoms with van der Waals surface area (Å²) in [5.74, 6) is 0.725. The molecule has 0 spiro atoms. The molecule has 1 heterocycles. The normalized spacial score (nSPS) is 16.9. The molecule has 4 nitrogen and oxygen atoms in total. The number of carbonyl (C=O) groups excluding carboxylic acids is 1. The van der Waals surface area contributed by atoms with Crippen molar-refractivity contribution < 1.29 is 9.53 Å². The summed E-state index contributed by atoms with van der Waals surface area (Å²) in [4.78, 5) is 14.0. The number of ether oxygens (including phenoxy) is 1.